The van der Waals surface area contributed by atoms with E-state index in [0.717, 1.165) is 24.0 Å². The number of nitrogens with one attached hydrogen (secondary N) is 1. The highest BCUT2D eigenvalue weighted by Gasteiger charge is 2.31. The van der Waals surface area contributed by atoms with Gasteiger partial charge in [0.1, 0.15) is 0 Å². The van der Waals surface area contributed by atoms with E-state index in [1.165, 1.54) is 18.2 Å². The van der Waals surface area contributed by atoms with E-state index in [1.54, 1.807) is 28.5 Å². The molecule has 9 heteroatoms. The fraction of sp³-hybridized carbons (Fsp3) is 0.208. The highest BCUT2D eigenvalue weighted by molar-refractivity contribution is 7.98. The molecule has 0 aliphatic heterocycles. The van der Waals surface area contributed by atoms with Crippen molar-refractivity contribution in [3.8, 4) is 0 Å². The summed E-state index contributed by atoms with van der Waals surface area (Å²) in [5, 5.41) is 3.12. The third kappa shape index (κ3) is 4.98. The van der Waals surface area contributed by atoms with Gasteiger partial charge in [-0.3, -0.25) is 0 Å². The van der Waals surface area contributed by atoms with Crippen molar-refractivity contribution in [2.24, 2.45) is 0 Å². The molecule has 0 radical (unpaired) electrons. The lowest BCUT2D eigenvalue weighted by Gasteiger charge is -2.18. The van der Waals surface area contributed by atoms with Crippen LogP contribution in [0.2, 0.25) is 0 Å². The number of hydrogen-bond acceptors (Lipinski definition) is 3. The lowest BCUT2D eigenvalue weighted by molar-refractivity contribution is -0.137. The fourth-order valence-corrected chi connectivity index (χ4v) is 4.03. The van der Waals surface area contributed by atoms with Crippen LogP contribution in [0.5, 0.6) is 0 Å². The average molecular weight is 478 g/mol. The first-order valence-electron chi connectivity index (χ1n) is 10.0. The van der Waals surface area contributed by atoms with Gasteiger partial charge in [-0.25, -0.2) is 13.8 Å². The van der Waals surface area contributed by atoms with E-state index in [9.17, 15) is 22.0 Å². The molecule has 3 nitrogen and oxygen atoms in total. The summed E-state index contributed by atoms with van der Waals surface area (Å²) in [4.78, 5) is 5.42. The Balaban J connectivity index is 1.83. The Hall–Kier alpha value is -3.07. The summed E-state index contributed by atoms with van der Waals surface area (Å²) in [5.41, 5.74) is 0.582. The molecule has 0 atom stereocenters. The van der Waals surface area contributed by atoms with Gasteiger partial charge in [-0.2, -0.15) is 13.2 Å². The van der Waals surface area contributed by atoms with Crippen molar-refractivity contribution in [3.05, 3.63) is 83.4 Å². The van der Waals surface area contributed by atoms with Crippen molar-refractivity contribution in [1.82, 2.24) is 9.55 Å². The quantitative estimate of drug-likeness (QED) is 0.228. The van der Waals surface area contributed by atoms with Gasteiger partial charge in [-0.15, -0.1) is 11.8 Å². The van der Waals surface area contributed by atoms with Crippen LogP contribution in [-0.4, -0.2) is 15.8 Å². The van der Waals surface area contributed by atoms with Crippen LogP contribution in [0.4, 0.5) is 33.6 Å². The first-order valence-corrected chi connectivity index (χ1v) is 11.2. The lowest BCUT2D eigenvalue weighted by atomic mass is 10.0. The molecule has 0 bridgehead atoms. The standard InChI is InChI=1S/C24H20F5N3S/c1-23(25,26)19-6-4-3-5-15(19)14-32-21-12-7-16(24(27,28)29)13-20(21)31-22(32)30-17-8-10-18(33-2)11-9-17/h3-13H,14H2,1-2H3,(H,30,31). The number of hydrogen-bond donors (Lipinski definition) is 1. The van der Waals surface area contributed by atoms with E-state index >= 15 is 0 Å². The molecule has 3 aromatic carbocycles. The summed E-state index contributed by atoms with van der Waals surface area (Å²) in [6.07, 6.45) is -2.57. The van der Waals surface area contributed by atoms with E-state index in [0.29, 0.717) is 16.8 Å². The Morgan fingerprint density at radius 1 is 0.939 bits per heavy atom. The van der Waals surface area contributed by atoms with Crippen LogP contribution in [0.15, 0.2) is 71.6 Å². The van der Waals surface area contributed by atoms with Crippen LogP contribution in [0, 0.1) is 0 Å². The highest BCUT2D eigenvalue weighted by Crippen LogP contribution is 2.35. The van der Waals surface area contributed by atoms with Crippen molar-refractivity contribution in [3.63, 3.8) is 0 Å². The minimum atomic E-state index is -4.52. The number of alkyl halides is 5. The number of aromatic nitrogens is 2. The molecule has 0 amide bonds. The SMILES string of the molecule is CSc1ccc(Nc2nc3cc(C(F)(F)F)ccc3n2Cc2ccccc2C(C)(F)F)cc1. The van der Waals surface area contributed by atoms with Crippen LogP contribution < -0.4 is 5.32 Å². The molecule has 0 fully saturated rings. The molecular weight excluding hydrogens is 457 g/mol. The lowest BCUT2D eigenvalue weighted by Crippen LogP contribution is -2.14. The zero-order valence-corrected chi connectivity index (χ0v) is 18.6. The first kappa shape index (κ1) is 23.1. The summed E-state index contributed by atoms with van der Waals surface area (Å²) < 4.78 is 69.7. The number of benzene rings is 3. The Morgan fingerprint density at radius 2 is 1.64 bits per heavy atom. The number of thioether (sulfide) groups is 1. The predicted molar refractivity (Wildman–Crippen MR) is 121 cm³/mol. The molecular formula is C24H20F5N3S. The van der Waals surface area contributed by atoms with Crippen molar-refractivity contribution in [1.29, 1.82) is 0 Å². The second-order valence-electron chi connectivity index (χ2n) is 7.62. The Kier molecular flexibility index (Phi) is 6.09. The number of fused-ring (bicyclic) bond motifs is 1. The van der Waals surface area contributed by atoms with E-state index < -0.39 is 17.7 Å². The normalized spacial score (nSPS) is 12.3. The minimum Gasteiger partial charge on any atom is -0.326 e. The molecule has 33 heavy (non-hydrogen) atoms. The second-order valence-corrected chi connectivity index (χ2v) is 8.50. The van der Waals surface area contributed by atoms with Crippen LogP contribution in [-0.2, 0) is 18.6 Å². The van der Waals surface area contributed by atoms with E-state index in [2.05, 4.69) is 10.3 Å². The molecule has 0 spiro atoms. The summed E-state index contributed by atoms with van der Waals surface area (Å²) in [7, 11) is 0. The monoisotopic (exact) mass is 477 g/mol. The van der Waals surface area contributed by atoms with E-state index in [4.69, 9.17) is 0 Å². The topological polar surface area (TPSA) is 29.9 Å². The molecule has 1 N–H and O–H groups in total. The number of imidazole rings is 1. The zero-order chi connectivity index (χ0) is 23.8. The van der Waals surface area contributed by atoms with Gasteiger partial charge in [-0.05, 0) is 54.3 Å². The van der Waals surface area contributed by atoms with Crippen LogP contribution >= 0.6 is 11.8 Å². The number of halogens is 5. The van der Waals surface area contributed by atoms with E-state index in [-0.39, 0.29) is 23.6 Å². The Labute approximate surface area is 191 Å². The Morgan fingerprint density at radius 3 is 2.27 bits per heavy atom. The van der Waals surface area contributed by atoms with Crippen LogP contribution in [0.25, 0.3) is 11.0 Å². The average Bonchev–Trinajstić information content (AvgIpc) is 3.09. The van der Waals surface area contributed by atoms with Gasteiger partial charge >= 0.3 is 6.18 Å². The molecule has 0 saturated heterocycles. The molecule has 4 aromatic rings. The van der Waals surface area contributed by atoms with Gasteiger partial charge in [0, 0.05) is 23.1 Å². The molecule has 0 aliphatic rings. The van der Waals surface area contributed by atoms with Gasteiger partial charge in [0.2, 0.25) is 5.95 Å². The number of anilines is 2. The summed E-state index contributed by atoms with van der Waals surface area (Å²) >= 11 is 1.57. The number of rotatable bonds is 6. The van der Waals surface area contributed by atoms with Crippen molar-refractivity contribution < 1.29 is 22.0 Å². The molecule has 1 heterocycles. The van der Waals surface area contributed by atoms with Crippen molar-refractivity contribution in [2.75, 3.05) is 11.6 Å². The van der Waals surface area contributed by atoms with Gasteiger partial charge in [-0.1, -0.05) is 24.3 Å². The zero-order valence-electron chi connectivity index (χ0n) is 17.8. The summed E-state index contributed by atoms with van der Waals surface area (Å²) in [6, 6.07) is 16.8. The maximum atomic E-state index is 14.2. The third-order valence-electron chi connectivity index (χ3n) is 5.24. The summed E-state index contributed by atoms with van der Waals surface area (Å²) in [5.74, 6) is -2.81. The molecule has 0 aliphatic carbocycles. The van der Waals surface area contributed by atoms with Crippen molar-refractivity contribution in [2.45, 2.75) is 30.5 Å². The first-order chi connectivity index (χ1) is 15.6. The maximum Gasteiger partial charge on any atom is 0.416 e. The van der Waals surface area contributed by atoms with Gasteiger partial charge < -0.3 is 9.88 Å². The van der Waals surface area contributed by atoms with Gasteiger partial charge in [0.25, 0.3) is 5.92 Å². The van der Waals surface area contributed by atoms with Crippen LogP contribution in [0.3, 0.4) is 0 Å². The Bertz CT molecular complexity index is 1270. The van der Waals surface area contributed by atoms with E-state index in [1.807, 2.05) is 30.5 Å². The second kappa shape index (κ2) is 8.70. The predicted octanol–water partition coefficient (Wildman–Crippen LogP) is 7.68. The molecule has 172 valence electrons. The fourth-order valence-electron chi connectivity index (χ4n) is 3.62. The summed E-state index contributed by atoms with van der Waals surface area (Å²) in [6.45, 7) is 0.826. The van der Waals surface area contributed by atoms with Crippen LogP contribution in [0.1, 0.15) is 23.6 Å². The minimum absolute atomic E-state index is 0.00664. The van der Waals surface area contributed by atoms with Gasteiger partial charge in [0.15, 0.2) is 0 Å². The number of nitrogens with zero attached hydrogens (tertiary/aromatic N) is 2. The third-order valence-corrected chi connectivity index (χ3v) is 5.98. The molecule has 0 unspecified atom stereocenters. The highest BCUT2D eigenvalue weighted by atomic mass is 32.2. The maximum absolute atomic E-state index is 14.2. The largest absolute Gasteiger partial charge is 0.416 e. The smallest absolute Gasteiger partial charge is 0.326 e. The van der Waals surface area contributed by atoms with Crippen molar-refractivity contribution >= 4 is 34.4 Å². The molecule has 1 aromatic heterocycles. The molecule has 4 rings (SSSR count). The molecule has 0 saturated carbocycles. The van der Waals surface area contributed by atoms with Gasteiger partial charge in [0.05, 0.1) is 23.1 Å².